The Balaban J connectivity index is 1.70. The molecule has 37 heavy (non-hydrogen) atoms. The minimum absolute atomic E-state index is 0.0622. The van der Waals surface area contributed by atoms with Crippen molar-refractivity contribution in [3.8, 4) is 0 Å². The number of anilines is 2. The summed E-state index contributed by atoms with van der Waals surface area (Å²) in [6.07, 6.45) is 3.60. The summed E-state index contributed by atoms with van der Waals surface area (Å²) in [4.78, 5) is 32.2. The van der Waals surface area contributed by atoms with Gasteiger partial charge in [-0.25, -0.2) is 8.42 Å². The predicted octanol–water partition coefficient (Wildman–Crippen LogP) is 4.77. The topological polar surface area (TPSA) is 99.7 Å². The van der Waals surface area contributed by atoms with Crippen LogP contribution in [-0.4, -0.2) is 48.7 Å². The first kappa shape index (κ1) is 26.9. The Labute approximate surface area is 226 Å². The van der Waals surface area contributed by atoms with Crippen LogP contribution in [0.5, 0.6) is 0 Å². The van der Waals surface area contributed by atoms with Gasteiger partial charge in [0.2, 0.25) is 11.8 Å². The molecule has 0 saturated heterocycles. The Morgan fingerprint density at radius 2 is 1.78 bits per heavy atom. The second kappa shape index (κ2) is 11.1. The van der Waals surface area contributed by atoms with Gasteiger partial charge < -0.3 is 10.2 Å². The molecule has 2 amide bonds. The second-order valence-electron chi connectivity index (χ2n) is 8.87. The van der Waals surface area contributed by atoms with Gasteiger partial charge in [-0.15, -0.1) is 0 Å². The lowest BCUT2D eigenvalue weighted by atomic mass is 10.1. The number of sulfonamides is 1. The fourth-order valence-electron chi connectivity index (χ4n) is 4.28. The van der Waals surface area contributed by atoms with E-state index in [0.717, 1.165) is 9.87 Å². The number of nitrogens with one attached hydrogen (secondary N) is 1. The van der Waals surface area contributed by atoms with Crippen molar-refractivity contribution in [1.29, 1.82) is 0 Å². The average molecular weight is 561 g/mol. The number of halogens is 2. The highest BCUT2D eigenvalue weighted by Gasteiger charge is 2.43. The third-order valence-electron chi connectivity index (χ3n) is 6.14. The van der Waals surface area contributed by atoms with E-state index in [0.29, 0.717) is 18.7 Å². The van der Waals surface area contributed by atoms with Crippen molar-refractivity contribution in [1.82, 2.24) is 9.88 Å². The van der Waals surface area contributed by atoms with Crippen molar-refractivity contribution in [3.05, 3.63) is 82.6 Å². The second-order valence-corrected chi connectivity index (χ2v) is 11.4. The van der Waals surface area contributed by atoms with E-state index in [4.69, 9.17) is 23.2 Å². The molecule has 0 aliphatic carbocycles. The number of fused-ring (bicyclic) bond motifs is 1. The molecule has 0 unspecified atom stereocenters. The van der Waals surface area contributed by atoms with Gasteiger partial charge in [-0.1, -0.05) is 41.4 Å². The number of aromatic nitrogens is 1. The number of nitrogens with zero attached hydrogens (tertiary/aromatic N) is 3. The molecule has 194 valence electrons. The van der Waals surface area contributed by atoms with Crippen molar-refractivity contribution in [2.45, 2.75) is 43.7 Å². The first-order valence-corrected chi connectivity index (χ1v) is 13.9. The van der Waals surface area contributed by atoms with Gasteiger partial charge >= 0.3 is 0 Å². The monoisotopic (exact) mass is 560 g/mol. The lowest BCUT2D eigenvalue weighted by Crippen LogP contribution is -2.53. The number of amides is 2. The van der Waals surface area contributed by atoms with Gasteiger partial charge in [0.15, 0.2) is 0 Å². The van der Waals surface area contributed by atoms with E-state index < -0.39 is 22.0 Å². The van der Waals surface area contributed by atoms with Crippen LogP contribution in [0.3, 0.4) is 0 Å². The van der Waals surface area contributed by atoms with Crippen LogP contribution in [0.1, 0.15) is 25.8 Å². The maximum Gasteiger partial charge on any atom is 0.266 e. The number of benzene rings is 2. The summed E-state index contributed by atoms with van der Waals surface area (Å²) < 4.78 is 28.9. The zero-order valence-electron chi connectivity index (χ0n) is 20.3. The summed E-state index contributed by atoms with van der Waals surface area (Å²) in [7, 11) is -4.38. The summed E-state index contributed by atoms with van der Waals surface area (Å²) >= 11 is 12.4. The summed E-state index contributed by atoms with van der Waals surface area (Å²) in [6, 6.07) is 13.0. The molecule has 1 atom stereocenters. The van der Waals surface area contributed by atoms with Gasteiger partial charge in [0, 0.05) is 25.0 Å². The quantitative estimate of drug-likeness (QED) is 0.427. The molecule has 0 saturated carbocycles. The van der Waals surface area contributed by atoms with Crippen LogP contribution < -0.4 is 9.62 Å². The number of para-hydroxylation sites is 2. The molecule has 0 spiro atoms. The molecule has 11 heteroatoms. The van der Waals surface area contributed by atoms with Gasteiger partial charge in [-0.05, 0) is 62.2 Å². The Morgan fingerprint density at radius 1 is 1.08 bits per heavy atom. The third-order valence-corrected chi connectivity index (χ3v) is 8.94. The Hall–Kier alpha value is -3.14. The fraction of sp³-hybridized carbons (Fsp3) is 0.269. The lowest BCUT2D eigenvalue weighted by Gasteiger charge is -2.38. The van der Waals surface area contributed by atoms with Crippen LogP contribution >= 0.6 is 23.2 Å². The summed E-state index contributed by atoms with van der Waals surface area (Å²) in [5.74, 6) is -0.951. The summed E-state index contributed by atoms with van der Waals surface area (Å²) in [5, 5.41) is 2.65. The van der Waals surface area contributed by atoms with Crippen molar-refractivity contribution in [2.75, 3.05) is 16.2 Å². The molecule has 8 nitrogen and oxygen atoms in total. The molecule has 1 aromatic heterocycles. The number of pyridine rings is 1. The molecule has 0 radical (unpaired) electrons. The van der Waals surface area contributed by atoms with Crippen LogP contribution in [0.4, 0.5) is 11.4 Å². The molecule has 3 aromatic rings. The minimum Gasteiger partial charge on any atom is -0.340 e. The number of rotatable bonds is 8. The van der Waals surface area contributed by atoms with Gasteiger partial charge in [0.05, 0.1) is 27.8 Å². The van der Waals surface area contributed by atoms with Gasteiger partial charge in [-0.3, -0.25) is 18.9 Å². The molecule has 4 rings (SSSR count). The van der Waals surface area contributed by atoms with Gasteiger partial charge in [-0.2, -0.15) is 0 Å². The number of carbonyl (C=O) groups excluding carboxylic acids is 2. The largest absolute Gasteiger partial charge is 0.340 e. The summed E-state index contributed by atoms with van der Waals surface area (Å²) in [6.45, 7) is 4.15. The van der Waals surface area contributed by atoms with E-state index in [1.807, 2.05) is 26.0 Å². The maximum absolute atomic E-state index is 13.9. The molecule has 2 aromatic carbocycles. The highest BCUT2D eigenvalue weighted by Crippen LogP contribution is 2.40. The Kier molecular flexibility index (Phi) is 8.06. The van der Waals surface area contributed by atoms with E-state index in [2.05, 4.69) is 10.3 Å². The Morgan fingerprint density at radius 3 is 2.49 bits per heavy atom. The van der Waals surface area contributed by atoms with E-state index in [1.165, 1.54) is 18.2 Å². The SMILES string of the molecule is CC(C)N(CCc1ccncc1)C(=O)C[C@@H]1C(=O)Nc2ccccc2N1S(=O)(=O)c1cccc(Cl)c1Cl. The smallest absolute Gasteiger partial charge is 0.266 e. The van der Waals surface area contributed by atoms with Gasteiger partial charge in [0.1, 0.15) is 10.9 Å². The maximum atomic E-state index is 13.9. The zero-order chi connectivity index (χ0) is 26.7. The van der Waals surface area contributed by atoms with E-state index in [9.17, 15) is 18.0 Å². The van der Waals surface area contributed by atoms with Crippen LogP contribution in [0, 0.1) is 0 Å². The van der Waals surface area contributed by atoms with Crippen molar-refractivity contribution < 1.29 is 18.0 Å². The molecule has 2 heterocycles. The number of carbonyl (C=O) groups is 2. The van der Waals surface area contributed by atoms with Crippen LogP contribution in [0.2, 0.25) is 10.0 Å². The third kappa shape index (κ3) is 5.58. The predicted molar refractivity (Wildman–Crippen MR) is 144 cm³/mol. The first-order valence-electron chi connectivity index (χ1n) is 11.7. The van der Waals surface area contributed by atoms with Crippen LogP contribution in [-0.2, 0) is 26.0 Å². The van der Waals surface area contributed by atoms with Crippen LogP contribution in [0.15, 0.2) is 71.9 Å². The van der Waals surface area contributed by atoms with E-state index >= 15 is 0 Å². The molecule has 1 N–H and O–H groups in total. The highest BCUT2D eigenvalue weighted by molar-refractivity contribution is 7.93. The standard InChI is InChI=1S/C26H26Cl2N4O4S/c1-17(2)31(15-12-18-10-13-29-14-11-18)24(33)16-22-26(34)30-20-7-3-4-8-21(20)32(22)37(35,36)23-9-5-6-19(27)25(23)28/h3-11,13-14,17,22H,12,15-16H2,1-2H3,(H,30,34)/t22-/m1/s1. The molecule has 0 fully saturated rings. The fourth-order valence-corrected chi connectivity index (χ4v) is 6.65. The average Bonchev–Trinajstić information content (AvgIpc) is 2.86. The summed E-state index contributed by atoms with van der Waals surface area (Å²) in [5.41, 5.74) is 1.57. The first-order chi connectivity index (χ1) is 17.6. The highest BCUT2D eigenvalue weighted by atomic mass is 35.5. The molecular formula is C26H26Cl2N4O4S. The molecule has 0 bridgehead atoms. The molecular weight excluding hydrogens is 535 g/mol. The number of hydrogen-bond acceptors (Lipinski definition) is 5. The van der Waals surface area contributed by atoms with Gasteiger partial charge in [0.25, 0.3) is 10.0 Å². The normalized spacial score (nSPS) is 15.3. The minimum atomic E-state index is -4.38. The zero-order valence-corrected chi connectivity index (χ0v) is 22.6. The number of hydrogen-bond donors (Lipinski definition) is 1. The molecule has 1 aliphatic rings. The van der Waals surface area contributed by atoms with E-state index in [-0.39, 0.29) is 39.0 Å². The lowest BCUT2D eigenvalue weighted by molar-refractivity contribution is -0.134. The van der Waals surface area contributed by atoms with Crippen molar-refractivity contribution in [3.63, 3.8) is 0 Å². The Bertz CT molecular complexity index is 1420. The van der Waals surface area contributed by atoms with Crippen LogP contribution in [0.25, 0.3) is 0 Å². The van der Waals surface area contributed by atoms with Crippen molar-refractivity contribution in [2.24, 2.45) is 0 Å². The van der Waals surface area contributed by atoms with E-state index in [1.54, 1.807) is 41.6 Å². The molecule has 1 aliphatic heterocycles. The van der Waals surface area contributed by atoms with Crippen molar-refractivity contribution >= 4 is 56.4 Å².